The lowest BCUT2D eigenvalue weighted by Gasteiger charge is -2.07. The largest absolute Gasteiger partial charge is 0.368 e. The molecule has 0 bridgehead atoms. The molecule has 6 heteroatoms. The summed E-state index contributed by atoms with van der Waals surface area (Å²) in [6.07, 6.45) is 1.90. The van der Waals surface area contributed by atoms with Crippen LogP contribution in [-0.2, 0) is 6.42 Å². The molecule has 0 saturated carbocycles. The van der Waals surface area contributed by atoms with Gasteiger partial charge in [-0.05, 0) is 12.1 Å². The highest BCUT2D eigenvalue weighted by atomic mass is 16.5. The van der Waals surface area contributed by atoms with E-state index < -0.39 is 0 Å². The third kappa shape index (κ3) is 2.42. The minimum absolute atomic E-state index is 0.525. The van der Waals surface area contributed by atoms with E-state index in [9.17, 15) is 5.26 Å². The van der Waals surface area contributed by atoms with Crippen LogP contribution in [-0.4, -0.2) is 21.7 Å². The molecule has 0 unspecified atom stereocenters. The van der Waals surface area contributed by atoms with E-state index in [1.807, 2.05) is 30.3 Å². The normalized spacial score (nSPS) is 10.3. The molecule has 0 aliphatic carbocycles. The molecule has 0 radical (unpaired) electrons. The minimum atomic E-state index is 0.525. The van der Waals surface area contributed by atoms with E-state index in [-0.39, 0.29) is 0 Å². The van der Waals surface area contributed by atoms with Crippen molar-refractivity contribution in [1.82, 2.24) is 15.1 Å². The summed E-state index contributed by atoms with van der Waals surface area (Å²) < 4.78 is 4.66. The van der Waals surface area contributed by atoms with Gasteiger partial charge < -0.3 is 9.84 Å². The van der Waals surface area contributed by atoms with Crippen molar-refractivity contribution in [1.29, 1.82) is 5.26 Å². The molecule has 1 aromatic carbocycles. The SMILES string of the molecule is N#Cc1cc2ccccc2nc1NCCc1ncon1. The lowest BCUT2D eigenvalue weighted by molar-refractivity contribution is 0.410. The first-order valence-electron chi connectivity index (χ1n) is 6.16. The van der Waals surface area contributed by atoms with Crippen molar-refractivity contribution in [2.45, 2.75) is 6.42 Å². The zero-order chi connectivity index (χ0) is 13.8. The molecule has 0 amide bonds. The van der Waals surface area contributed by atoms with Crippen LogP contribution >= 0.6 is 0 Å². The quantitative estimate of drug-likeness (QED) is 0.777. The monoisotopic (exact) mass is 265 g/mol. The minimum Gasteiger partial charge on any atom is -0.368 e. The van der Waals surface area contributed by atoms with Gasteiger partial charge in [0.1, 0.15) is 11.9 Å². The number of nitriles is 1. The van der Waals surface area contributed by atoms with Crippen LogP contribution in [0.4, 0.5) is 5.82 Å². The lowest BCUT2D eigenvalue weighted by atomic mass is 10.1. The van der Waals surface area contributed by atoms with E-state index in [2.05, 4.69) is 31.0 Å². The Hall–Kier alpha value is -2.94. The van der Waals surface area contributed by atoms with Crippen LogP contribution in [0, 0.1) is 11.3 Å². The fraction of sp³-hybridized carbons (Fsp3) is 0.143. The molecule has 2 heterocycles. The number of nitrogens with one attached hydrogen (secondary N) is 1. The summed E-state index contributed by atoms with van der Waals surface area (Å²) in [4.78, 5) is 8.40. The lowest BCUT2D eigenvalue weighted by Crippen LogP contribution is -2.08. The van der Waals surface area contributed by atoms with E-state index in [1.54, 1.807) is 0 Å². The van der Waals surface area contributed by atoms with Crippen LogP contribution in [0.5, 0.6) is 0 Å². The summed E-state index contributed by atoms with van der Waals surface area (Å²) in [5, 5.41) is 17.0. The highest BCUT2D eigenvalue weighted by molar-refractivity contribution is 5.82. The van der Waals surface area contributed by atoms with Gasteiger partial charge in [-0.25, -0.2) is 4.98 Å². The standard InChI is InChI=1S/C14H11N5O/c15-8-11-7-10-3-1-2-4-12(10)18-14(11)16-6-5-13-17-9-20-19-13/h1-4,7,9H,5-6H2,(H,16,18). The second-order valence-corrected chi connectivity index (χ2v) is 4.21. The molecular formula is C14H11N5O. The van der Waals surface area contributed by atoms with E-state index in [4.69, 9.17) is 0 Å². The Bertz CT molecular complexity index is 761. The van der Waals surface area contributed by atoms with Crippen LogP contribution in [0.15, 0.2) is 41.2 Å². The van der Waals surface area contributed by atoms with E-state index in [1.165, 1.54) is 6.39 Å². The molecule has 0 aliphatic heterocycles. The molecule has 3 rings (SSSR count). The number of hydrogen-bond donors (Lipinski definition) is 1. The van der Waals surface area contributed by atoms with Gasteiger partial charge in [0, 0.05) is 18.4 Å². The maximum absolute atomic E-state index is 9.19. The van der Waals surface area contributed by atoms with Gasteiger partial charge in [0.25, 0.3) is 0 Å². The van der Waals surface area contributed by atoms with Gasteiger partial charge in [0.15, 0.2) is 5.82 Å². The van der Waals surface area contributed by atoms with Gasteiger partial charge in [-0.1, -0.05) is 23.4 Å². The predicted octanol–water partition coefficient (Wildman–Crippen LogP) is 2.14. The number of pyridine rings is 1. The number of anilines is 1. The average molecular weight is 265 g/mol. The predicted molar refractivity (Wildman–Crippen MR) is 72.9 cm³/mol. The zero-order valence-corrected chi connectivity index (χ0v) is 10.6. The highest BCUT2D eigenvalue weighted by Crippen LogP contribution is 2.19. The summed E-state index contributed by atoms with van der Waals surface area (Å²) in [5.74, 6) is 1.20. The summed E-state index contributed by atoms with van der Waals surface area (Å²) in [6, 6.07) is 11.7. The number of nitrogens with zero attached hydrogens (tertiary/aromatic N) is 4. The van der Waals surface area contributed by atoms with Crippen LogP contribution in [0.25, 0.3) is 10.9 Å². The molecule has 3 aromatic rings. The van der Waals surface area contributed by atoms with Gasteiger partial charge in [0.05, 0.1) is 11.1 Å². The van der Waals surface area contributed by atoms with Crippen molar-refractivity contribution >= 4 is 16.7 Å². The molecule has 6 nitrogen and oxygen atoms in total. The Morgan fingerprint density at radius 2 is 2.20 bits per heavy atom. The van der Waals surface area contributed by atoms with Crippen molar-refractivity contribution in [3.8, 4) is 6.07 Å². The first-order valence-corrected chi connectivity index (χ1v) is 6.16. The average Bonchev–Trinajstić information content (AvgIpc) is 3.00. The Balaban J connectivity index is 1.81. The van der Waals surface area contributed by atoms with Crippen molar-refractivity contribution < 1.29 is 4.52 Å². The number of hydrogen-bond acceptors (Lipinski definition) is 6. The Kier molecular flexibility index (Phi) is 3.25. The van der Waals surface area contributed by atoms with Gasteiger partial charge in [-0.15, -0.1) is 0 Å². The summed E-state index contributed by atoms with van der Waals surface area (Å²) in [5.41, 5.74) is 1.38. The number of para-hydroxylation sites is 1. The third-order valence-corrected chi connectivity index (χ3v) is 2.89. The fourth-order valence-corrected chi connectivity index (χ4v) is 1.93. The van der Waals surface area contributed by atoms with Crippen molar-refractivity contribution in [2.75, 3.05) is 11.9 Å². The van der Waals surface area contributed by atoms with Gasteiger partial charge in [0.2, 0.25) is 6.39 Å². The molecule has 0 spiro atoms. The zero-order valence-electron chi connectivity index (χ0n) is 10.6. The third-order valence-electron chi connectivity index (χ3n) is 2.89. The van der Waals surface area contributed by atoms with Gasteiger partial charge in [-0.3, -0.25) is 0 Å². The van der Waals surface area contributed by atoms with E-state index in [0.29, 0.717) is 30.2 Å². The second kappa shape index (κ2) is 5.36. The molecule has 98 valence electrons. The maximum Gasteiger partial charge on any atom is 0.213 e. The van der Waals surface area contributed by atoms with Gasteiger partial charge >= 0.3 is 0 Å². The van der Waals surface area contributed by atoms with E-state index >= 15 is 0 Å². The van der Waals surface area contributed by atoms with Gasteiger partial charge in [-0.2, -0.15) is 10.2 Å². The van der Waals surface area contributed by atoms with Crippen LogP contribution in [0.1, 0.15) is 11.4 Å². The molecule has 0 aliphatic rings. The maximum atomic E-state index is 9.19. The molecule has 2 aromatic heterocycles. The van der Waals surface area contributed by atoms with Crippen LogP contribution in [0.2, 0.25) is 0 Å². The highest BCUT2D eigenvalue weighted by Gasteiger charge is 2.06. The Morgan fingerprint density at radius 3 is 3.00 bits per heavy atom. The first-order chi connectivity index (χ1) is 9.86. The number of rotatable bonds is 4. The fourth-order valence-electron chi connectivity index (χ4n) is 1.93. The molecule has 0 saturated heterocycles. The smallest absolute Gasteiger partial charge is 0.213 e. The number of aromatic nitrogens is 3. The van der Waals surface area contributed by atoms with Crippen molar-refractivity contribution in [3.05, 3.63) is 48.1 Å². The summed E-state index contributed by atoms with van der Waals surface area (Å²) in [6.45, 7) is 0.583. The Labute approximate surface area is 115 Å². The van der Waals surface area contributed by atoms with Crippen LogP contribution in [0.3, 0.4) is 0 Å². The van der Waals surface area contributed by atoms with Crippen LogP contribution < -0.4 is 5.32 Å². The van der Waals surface area contributed by atoms with Crippen molar-refractivity contribution in [2.24, 2.45) is 0 Å². The summed E-state index contributed by atoms with van der Waals surface area (Å²) >= 11 is 0. The molecule has 0 fully saturated rings. The first kappa shape index (κ1) is 12.1. The topological polar surface area (TPSA) is 87.6 Å². The molecular weight excluding hydrogens is 254 g/mol. The molecule has 1 N–H and O–H groups in total. The number of fused-ring (bicyclic) bond motifs is 1. The second-order valence-electron chi connectivity index (χ2n) is 4.21. The van der Waals surface area contributed by atoms with E-state index in [0.717, 1.165) is 10.9 Å². The Morgan fingerprint density at radius 1 is 1.30 bits per heavy atom. The van der Waals surface area contributed by atoms with Crippen molar-refractivity contribution in [3.63, 3.8) is 0 Å². The molecule has 20 heavy (non-hydrogen) atoms. The summed E-state index contributed by atoms with van der Waals surface area (Å²) in [7, 11) is 0. The number of benzene rings is 1. The molecule has 0 atom stereocenters.